The van der Waals surface area contributed by atoms with Crippen LogP contribution >= 0.6 is 39.3 Å². The van der Waals surface area contributed by atoms with Crippen LogP contribution in [0.1, 0.15) is 17.3 Å². The first-order chi connectivity index (χ1) is 11.5. The lowest BCUT2D eigenvalue weighted by Crippen LogP contribution is -2.13. The first-order valence-corrected chi connectivity index (χ1v) is 9.14. The molecule has 0 aliphatic rings. The molecule has 1 atom stereocenters. The second-order valence-electron chi connectivity index (χ2n) is 5.02. The molecule has 7 heteroatoms. The summed E-state index contributed by atoms with van der Waals surface area (Å²) < 4.78 is 6.57. The molecular formula is C17H12BrClN2O2S. The van der Waals surface area contributed by atoms with Gasteiger partial charge in [0.2, 0.25) is 5.89 Å². The lowest BCUT2D eigenvalue weighted by atomic mass is 10.1. The van der Waals surface area contributed by atoms with Crippen molar-refractivity contribution in [1.82, 2.24) is 10.2 Å². The van der Waals surface area contributed by atoms with Crippen molar-refractivity contribution >= 4 is 45.1 Å². The monoisotopic (exact) mass is 422 g/mol. The molecule has 3 aromatic rings. The molecule has 0 unspecified atom stereocenters. The van der Waals surface area contributed by atoms with E-state index in [1.54, 1.807) is 31.2 Å². The van der Waals surface area contributed by atoms with Crippen molar-refractivity contribution in [2.75, 3.05) is 0 Å². The van der Waals surface area contributed by atoms with Crippen LogP contribution in [0.3, 0.4) is 0 Å². The van der Waals surface area contributed by atoms with Crippen molar-refractivity contribution < 1.29 is 9.21 Å². The van der Waals surface area contributed by atoms with Gasteiger partial charge in [-0.25, -0.2) is 0 Å². The average molecular weight is 424 g/mol. The number of rotatable bonds is 5. The van der Waals surface area contributed by atoms with Gasteiger partial charge in [-0.3, -0.25) is 4.79 Å². The molecule has 2 aromatic carbocycles. The Morgan fingerprint density at radius 1 is 1.21 bits per heavy atom. The second kappa shape index (κ2) is 7.51. The van der Waals surface area contributed by atoms with Crippen LogP contribution in [0.2, 0.25) is 5.02 Å². The topological polar surface area (TPSA) is 56.0 Å². The van der Waals surface area contributed by atoms with Crippen molar-refractivity contribution in [3.8, 4) is 11.5 Å². The van der Waals surface area contributed by atoms with Crippen molar-refractivity contribution in [2.45, 2.75) is 17.4 Å². The third-order valence-electron chi connectivity index (χ3n) is 3.23. The van der Waals surface area contributed by atoms with Crippen LogP contribution in [0.5, 0.6) is 0 Å². The highest BCUT2D eigenvalue weighted by molar-refractivity contribution is 9.10. The Labute approximate surface area is 156 Å². The van der Waals surface area contributed by atoms with Crippen LogP contribution in [0.15, 0.2) is 62.6 Å². The summed E-state index contributed by atoms with van der Waals surface area (Å²) in [5, 5.41) is 8.57. The molecular weight excluding hydrogens is 412 g/mol. The number of halogens is 2. The highest BCUT2D eigenvalue weighted by atomic mass is 79.9. The predicted molar refractivity (Wildman–Crippen MR) is 98.5 cm³/mol. The Balaban J connectivity index is 1.73. The van der Waals surface area contributed by atoms with Crippen molar-refractivity contribution in [3.05, 3.63) is 63.6 Å². The zero-order chi connectivity index (χ0) is 17.1. The number of thioether (sulfide) groups is 1. The van der Waals surface area contributed by atoms with Gasteiger partial charge >= 0.3 is 0 Å². The SMILES string of the molecule is C[C@H](Sc1nnc(-c2cccc(Br)c2)o1)C(=O)c1cccc(Cl)c1. The van der Waals surface area contributed by atoms with Crippen LogP contribution < -0.4 is 0 Å². The molecule has 0 saturated heterocycles. The molecule has 122 valence electrons. The van der Waals surface area contributed by atoms with E-state index >= 15 is 0 Å². The maximum absolute atomic E-state index is 12.4. The number of benzene rings is 2. The Bertz CT molecular complexity index is 884. The third-order valence-corrected chi connectivity index (χ3v) is 4.90. The minimum atomic E-state index is -0.362. The van der Waals surface area contributed by atoms with Gasteiger partial charge in [-0.2, -0.15) is 0 Å². The van der Waals surface area contributed by atoms with Crippen molar-refractivity contribution in [1.29, 1.82) is 0 Å². The summed E-state index contributed by atoms with van der Waals surface area (Å²) in [6, 6.07) is 14.5. The van der Waals surface area contributed by atoms with Gasteiger partial charge in [0, 0.05) is 20.6 Å². The van der Waals surface area contributed by atoms with Crippen LogP contribution in [-0.4, -0.2) is 21.2 Å². The number of hydrogen-bond acceptors (Lipinski definition) is 5. The largest absolute Gasteiger partial charge is 0.411 e. The van der Waals surface area contributed by atoms with E-state index in [1.165, 1.54) is 11.8 Å². The van der Waals surface area contributed by atoms with Crippen LogP contribution in [-0.2, 0) is 0 Å². The number of hydrogen-bond donors (Lipinski definition) is 0. The van der Waals surface area contributed by atoms with E-state index in [2.05, 4.69) is 26.1 Å². The van der Waals surface area contributed by atoms with E-state index in [-0.39, 0.29) is 11.0 Å². The molecule has 0 saturated carbocycles. The number of carbonyl (C=O) groups excluding carboxylic acids is 1. The first-order valence-electron chi connectivity index (χ1n) is 7.09. The van der Waals surface area contributed by atoms with Crippen molar-refractivity contribution in [3.63, 3.8) is 0 Å². The van der Waals surface area contributed by atoms with Gasteiger partial charge < -0.3 is 4.42 Å². The summed E-state index contributed by atoms with van der Waals surface area (Å²) >= 11 is 10.6. The molecule has 0 radical (unpaired) electrons. The summed E-state index contributed by atoms with van der Waals surface area (Å²) in [6.45, 7) is 1.80. The van der Waals surface area contributed by atoms with E-state index in [0.717, 1.165) is 10.0 Å². The maximum atomic E-state index is 12.4. The molecule has 0 amide bonds. The molecule has 4 nitrogen and oxygen atoms in total. The van der Waals surface area contributed by atoms with Gasteiger partial charge in [0.15, 0.2) is 5.78 Å². The minimum absolute atomic E-state index is 0.0373. The summed E-state index contributed by atoms with van der Waals surface area (Å²) in [5.74, 6) is 0.380. The Morgan fingerprint density at radius 2 is 2.00 bits per heavy atom. The maximum Gasteiger partial charge on any atom is 0.277 e. The summed E-state index contributed by atoms with van der Waals surface area (Å²) in [6.07, 6.45) is 0. The molecule has 3 rings (SSSR count). The van der Waals surface area contributed by atoms with E-state index in [9.17, 15) is 4.79 Å². The van der Waals surface area contributed by atoms with Gasteiger partial charge in [-0.1, -0.05) is 57.5 Å². The average Bonchev–Trinajstić information content (AvgIpc) is 3.02. The zero-order valence-corrected chi connectivity index (χ0v) is 15.7. The normalized spacial score (nSPS) is 12.1. The Hall–Kier alpha value is -1.63. The molecule has 0 spiro atoms. The molecule has 1 heterocycles. The van der Waals surface area contributed by atoms with Crippen molar-refractivity contribution in [2.24, 2.45) is 0 Å². The predicted octanol–water partition coefficient (Wildman–Crippen LogP) is 5.52. The number of aromatic nitrogens is 2. The molecule has 0 aliphatic heterocycles. The highest BCUT2D eigenvalue weighted by Gasteiger charge is 2.20. The van der Waals surface area contributed by atoms with E-state index in [4.69, 9.17) is 16.0 Å². The molecule has 0 N–H and O–H groups in total. The van der Waals surface area contributed by atoms with Gasteiger partial charge in [0.25, 0.3) is 5.22 Å². The fourth-order valence-corrected chi connectivity index (χ4v) is 3.43. The van der Waals surface area contributed by atoms with E-state index in [0.29, 0.717) is 21.7 Å². The Morgan fingerprint density at radius 3 is 2.75 bits per heavy atom. The number of carbonyl (C=O) groups is 1. The fraction of sp³-hybridized carbons (Fsp3) is 0.118. The zero-order valence-electron chi connectivity index (χ0n) is 12.6. The smallest absolute Gasteiger partial charge is 0.277 e. The second-order valence-corrected chi connectivity index (χ2v) is 7.66. The van der Waals surface area contributed by atoms with E-state index < -0.39 is 0 Å². The first kappa shape index (κ1) is 17.2. The molecule has 0 aliphatic carbocycles. The quantitative estimate of drug-likeness (QED) is 0.400. The lowest BCUT2D eigenvalue weighted by molar-refractivity contribution is 0.0993. The lowest BCUT2D eigenvalue weighted by Gasteiger charge is -2.07. The van der Waals surface area contributed by atoms with Crippen LogP contribution in [0.25, 0.3) is 11.5 Å². The number of Topliss-reactive ketones (excluding diaryl/α,β-unsaturated/α-hetero) is 1. The third kappa shape index (κ3) is 4.06. The van der Waals surface area contributed by atoms with Gasteiger partial charge in [0.1, 0.15) is 0 Å². The van der Waals surface area contributed by atoms with E-state index in [1.807, 2.05) is 24.3 Å². The Kier molecular flexibility index (Phi) is 5.38. The summed E-state index contributed by atoms with van der Waals surface area (Å²) in [5.41, 5.74) is 1.38. The minimum Gasteiger partial charge on any atom is -0.411 e. The fourth-order valence-electron chi connectivity index (χ4n) is 2.08. The van der Waals surface area contributed by atoms with Crippen LogP contribution in [0.4, 0.5) is 0 Å². The van der Waals surface area contributed by atoms with Crippen LogP contribution in [0, 0.1) is 0 Å². The highest BCUT2D eigenvalue weighted by Crippen LogP contribution is 2.29. The standard InChI is InChI=1S/C17H12BrClN2O2S/c1-10(15(22)11-4-3-7-14(19)9-11)24-17-21-20-16(23-17)12-5-2-6-13(18)8-12/h2-10H,1H3/t10-/m0/s1. The van der Waals surface area contributed by atoms with Gasteiger partial charge in [0.05, 0.1) is 5.25 Å². The number of nitrogens with zero attached hydrogens (tertiary/aromatic N) is 2. The molecule has 0 bridgehead atoms. The van der Waals surface area contributed by atoms with Gasteiger partial charge in [-0.15, -0.1) is 10.2 Å². The molecule has 0 fully saturated rings. The van der Waals surface area contributed by atoms with Gasteiger partial charge in [-0.05, 0) is 37.3 Å². The number of ketones is 1. The molecule has 1 aromatic heterocycles. The summed E-state index contributed by atoms with van der Waals surface area (Å²) in [4.78, 5) is 12.4. The molecule has 24 heavy (non-hydrogen) atoms. The summed E-state index contributed by atoms with van der Waals surface area (Å²) in [7, 11) is 0.